The summed E-state index contributed by atoms with van der Waals surface area (Å²) in [5.74, 6) is 0. The highest BCUT2D eigenvalue weighted by Gasteiger charge is 1.98. The molecule has 0 unspecified atom stereocenters. The van der Waals surface area contributed by atoms with E-state index in [0.717, 1.165) is 0 Å². The predicted molar refractivity (Wildman–Crippen MR) is 68.2 cm³/mol. The van der Waals surface area contributed by atoms with Gasteiger partial charge >= 0.3 is 0 Å². The molecule has 0 N–H and O–H groups in total. The number of rotatable bonds is 1. The molecule has 0 amide bonds. The van der Waals surface area contributed by atoms with Gasteiger partial charge in [-0.2, -0.15) is 0 Å². The van der Waals surface area contributed by atoms with Crippen LogP contribution in [0, 0.1) is 6.07 Å². The van der Waals surface area contributed by atoms with Crippen LogP contribution >= 0.6 is 0 Å². The summed E-state index contributed by atoms with van der Waals surface area (Å²) in [6.45, 7) is 0. The van der Waals surface area contributed by atoms with Gasteiger partial charge in [0.25, 0.3) is 0 Å². The summed E-state index contributed by atoms with van der Waals surface area (Å²) in [5, 5.41) is 2.41. The highest BCUT2D eigenvalue weighted by Crippen LogP contribution is 2.23. The van der Waals surface area contributed by atoms with E-state index >= 15 is 0 Å². The third-order valence-corrected chi connectivity index (χ3v) is 2.77. The van der Waals surface area contributed by atoms with E-state index in [2.05, 4.69) is 54.6 Å². The summed E-state index contributed by atoms with van der Waals surface area (Å²) < 4.78 is 0. The van der Waals surface area contributed by atoms with Crippen LogP contribution in [0.5, 0.6) is 0 Å². The number of fused-ring (bicyclic) bond motifs is 1. The van der Waals surface area contributed by atoms with Crippen LogP contribution < -0.4 is 0 Å². The van der Waals surface area contributed by atoms with E-state index in [1.165, 1.54) is 21.9 Å². The second-order valence-electron chi connectivity index (χ2n) is 3.84. The second kappa shape index (κ2) is 3.82. The highest BCUT2D eigenvalue weighted by molar-refractivity contribution is 5.86. The second-order valence-corrected chi connectivity index (χ2v) is 3.84. The minimum Gasteiger partial charge on any atom is -0.0622 e. The van der Waals surface area contributed by atoms with Gasteiger partial charge in [0, 0.05) is 0 Å². The molecule has 75 valence electrons. The number of benzene rings is 3. The molecule has 0 bridgehead atoms. The molecule has 0 fully saturated rings. The Bertz CT molecular complexity index is 609. The lowest BCUT2D eigenvalue weighted by Gasteiger charge is -2.03. The van der Waals surface area contributed by atoms with Crippen LogP contribution in [0.2, 0.25) is 0 Å². The molecule has 0 aliphatic heterocycles. The summed E-state index contributed by atoms with van der Waals surface area (Å²) in [5.41, 5.74) is 2.50. The third kappa shape index (κ3) is 1.59. The first-order valence-electron chi connectivity index (χ1n) is 5.39. The average molecular weight is 203 g/mol. The van der Waals surface area contributed by atoms with Crippen molar-refractivity contribution in [3.8, 4) is 11.1 Å². The average Bonchev–Trinajstić information content (AvgIpc) is 2.39. The van der Waals surface area contributed by atoms with Gasteiger partial charge in [0.05, 0.1) is 0 Å². The van der Waals surface area contributed by atoms with E-state index in [0.29, 0.717) is 0 Å². The lowest BCUT2D eigenvalue weighted by Crippen LogP contribution is -1.78. The molecule has 3 aromatic rings. The molecule has 0 saturated carbocycles. The molecule has 3 rings (SSSR count). The van der Waals surface area contributed by atoms with E-state index in [-0.39, 0.29) is 0 Å². The molecule has 0 aromatic heterocycles. The largest absolute Gasteiger partial charge is 0.0622 e. The Labute approximate surface area is 95.2 Å². The summed E-state index contributed by atoms with van der Waals surface area (Å²) >= 11 is 0. The maximum absolute atomic E-state index is 3.26. The Balaban J connectivity index is 2.19. The summed E-state index contributed by atoms with van der Waals surface area (Å²) in [6, 6.07) is 26.3. The maximum Gasteiger partial charge on any atom is -0.00990 e. The molecule has 0 nitrogen and oxygen atoms in total. The summed E-state index contributed by atoms with van der Waals surface area (Å²) in [4.78, 5) is 0. The molecular weight excluding hydrogens is 192 g/mol. The normalized spacial score (nSPS) is 10.5. The fraction of sp³-hybridized carbons (Fsp3) is 0. The first-order chi connectivity index (χ1) is 7.93. The Morgan fingerprint density at radius 2 is 1.56 bits per heavy atom. The van der Waals surface area contributed by atoms with Crippen LogP contribution in [0.3, 0.4) is 0 Å². The number of hydrogen-bond donors (Lipinski definition) is 0. The van der Waals surface area contributed by atoms with Crippen molar-refractivity contribution in [3.63, 3.8) is 0 Å². The van der Waals surface area contributed by atoms with Crippen LogP contribution in [0.1, 0.15) is 0 Å². The lowest BCUT2D eigenvalue weighted by molar-refractivity contribution is 1.64. The molecule has 0 heterocycles. The molecule has 16 heavy (non-hydrogen) atoms. The molecule has 0 atom stereocenters. The number of hydrogen-bond acceptors (Lipinski definition) is 0. The molecule has 0 aliphatic carbocycles. The van der Waals surface area contributed by atoms with Crippen LogP contribution in [-0.4, -0.2) is 0 Å². The Morgan fingerprint density at radius 1 is 0.688 bits per heavy atom. The van der Waals surface area contributed by atoms with E-state index < -0.39 is 0 Å². The maximum atomic E-state index is 3.26. The van der Waals surface area contributed by atoms with Crippen molar-refractivity contribution < 1.29 is 0 Å². The van der Waals surface area contributed by atoms with Gasteiger partial charge in [-0.1, -0.05) is 60.7 Å². The van der Waals surface area contributed by atoms with Gasteiger partial charge in [-0.25, -0.2) is 0 Å². The molecule has 3 aromatic carbocycles. The first kappa shape index (κ1) is 9.17. The Kier molecular flexibility index (Phi) is 2.19. The minimum atomic E-state index is 1.17. The molecule has 0 heteroatoms. The van der Waals surface area contributed by atoms with Crippen molar-refractivity contribution in [1.82, 2.24) is 0 Å². The van der Waals surface area contributed by atoms with Crippen LogP contribution in [0.4, 0.5) is 0 Å². The zero-order valence-electron chi connectivity index (χ0n) is 8.85. The Hall–Kier alpha value is -2.08. The highest BCUT2D eigenvalue weighted by atomic mass is 14.0. The molecule has 0 aliphatic rings. The quantitative estimate of drug-likeness (QED) is 0.553. The predicted octanol–water partition coefficient (Wildman–Crippen LogP) is 4.31. The fourth-order valence-electron chi connectivity index (χ4n) is 1.93. The van der Waals surface area contributed by atoms with Crippen LogP contribution in [0.25, 0.3) is 21.9 Å². The van der Waals surface area contributed by atoms with Crippen molar-refractivity contribution >= 4 is 10.8 Å². The Morgan fingerprint density at radius 3 is 2.44 bits per heavy atom. The first-order valence-corrected chi connectivity index (χ1v) is 5.39. The van der Waals surface area contributed by atoms with Gasteiger partial charge in [-0.15, -0.1) is 0 Å². The monoisotopic (exact) mass is 203 g/mol. The zero-order valence-corrected chi connectivity index (χ0v) is 8.85. The van der Waals surface area contributed by atoms with Crippen molar-refractivity contribution in [2.75, 3.05) is 0 Å². The van der Waals surface area contributed by atoms with Gasteiger partial charge < -0.3 is 0 Å². The SMILES string of the molecule is [c]1cccc2ccc(-c3ccccc3)cc12. The fourth-order valence-corrected chi connectivity index (χ4v) is 1.93. The zero-order chi connectivity index (χ0) is 10.8. The molecular formula is C16H11. The molecule has 0 saturated heterocycles. The van der Waals surface area contributed by atoms with Crippen LogP contribution in [-0.2, 0) is 0 Å². The van der Waals surface area contributed by atoms with E-state index in [1.807, 2.05) is 18.2 Å². The van der Waals surface area contributed by atoms with Gasteiger partial charge in [-0.3, -0.25) is 0 Å². The van der Waals surface area contributed by atoms with Crippen molar-refractivity contribution in [1.29, 1.82) is 0 Å². The minimum absolute atomic E-state index is 1.17. The van der Waals surface area contributed by atoms with Crippen molar-refractivity contribution in [2.24, 2.45) is 0 Å². The van der Waals surface area contributed by atoms with Gasteiger partial charge in [-0.05, 0) is 34.0 Å². The topological polar surface area (TPSA) is 0 Å². The van der Waals surface area contributed by atoms with Gasteiger partial charge in [0.15, 0.2) is 0 Å². The van der Waals surface area contributed by atoms with Crippen molar-refractivity contribution in [3.05, 3.63) is 72.8 Å². The summed E-state index contributed by atoms with van der Waals surface area (Å²) in [7, 11) is 0. The van der Waals surface area contributed by atoms with Crippen LogP contribution in [0.15, 0.2) is 66.7 Å². The smallest absolute Gasteiger partial charge is 0.00990 e. The lowest BCUT2D eigenvalue weighted by atomic mass is 10.0. The van der Waals surface area contributed by atoms with Gasteiger partial charge in [0.1, 0.15) is 0 Å². The van der Waals surface area contributed by atoms with E-state index in [9.17, 15) is 0 Å². The summed E-state index contributed by atoms with van der Waals surface area (Å²) in [6.07, 6.45) is 0. The van der Waals surface area contributed by atoms with E-state index in [4.69, 9.17) is 0 Å². The van der Waals surface area contributed by atoms with E-state index in [1.54, 1.807) is 0 Å². The van der Waals surface area contributed by atoms with Gasteiger partial charge in [0.2, 0.25) is 0 Å². The standard InChI is InChI=1S/C16H11/c1-2-6-13(7-3-1)16-11-10-14-8-4-5-9-15(14)12-16/h1-8,10-12H. The molecule has 1 radical (unpaired) electrons. The third-order valence-electron chi connectivity index (χ3n) is 2.77. The molecule has 0 spiro atoms. The van der Waals surface area contributed by atoms with Crippen molar-refractivity contribution in [2.45, 2.75) is 0 Å².